The van der Waals surface area contributed by atoms with Crippen molar-refractivity contribution in [1.82, 2.24) is 10.3 Å². The number of hydrogen-bond acceptors (Lipinski definition) is 6. The number of para-hydroxylation sites is 1. The number of rotatable bonds is 9. The molecule has 1 amide bonds. The standard InChI is InChI=1S/C34H30N2O6/c1-40-34(39)28(17-23-19-35-27-14-8-7-12-25(23)27)36-33(38)31(22-15-16-29-30(18-22)42-20-41-29)32(37)26-13-6-5-11-24(26)21-9-3-2-4-10-21/h2-16,18-19,28,31-32,35,37H,17,20H2,1H3,(H,36,38)/t28-,31?,32?/m0/s1. The molecule has 212 valence electrons. The Morgan fingerprint density at radius 2 is 1.67 bits per heavy atom. The van der Waals surface area contributed by atoms with Crippen molar-refractivity contribution in [3.05, 3.63) is 120 Å². The number of nitrogens with one attached hydrogen (secondary N) is 2. The summed E-state index contributed by atoms with van der Waals surface area (Å²) >= 11 is 0. The van der Waals surface area contributed by atoms with Crippen LogP contribution in [0.1, 0.15) is 28.7 Å². The smallest absolute Gasteiger partial charge is 0.328 e. The lowest BCUT2D eigenvalue weighted by molar-refractivity contribution is -0.145. The highest BCUT2D eigenvalue weighted by Gasteiger charge is 2.35. The normalized spacial score (nSPS) is 14.2. The summed E-state index contributed by atoms with van der Waals surface area (Å²) in [6, 6.07) is 29.0. The van der Waals surface area contributed by atoms with Crippen molar-refractivity contribution >= 4 is 22.8 Å². The molecule has 1 aromatic heterocycles. The summed E-state index contributed by atoms with van der Waals surface area (Å²) in [5.74, 6) is -1.16. The maximum absolute atomic E-state index is 14.2. The monoisotopic (exact) mass is 562 g/mol. The van der Waals surface area contributed by atoms with Gasteiger partial charge in [-0.05, 0) is 46.0 Å². The first-order valence-corrected chi connectivity index (χ1v) is 13.7. The van der Waals surface area contributed by atoms with Crippen molar-refractivity contribution in [2.24, 2.45) is 0 Å². The van der Waals surface area contributed by atoms with Gasteiger partial charge in [0.1, 0.15) is 6.04 Å². The van der Waals surface area contributed by atoms with Crippen LogP contribution in [-0.4, -0.2) is 41.9 Å². The number of carbonyl (C=O) groups is 2. The molecule has 3 N–H and O–H groups in total. The Morgan fingerprint density at radius 3 is 2.50 bits per heavy atom. The Bertz CT molecular complexity index is 1730. The molecule has 8 heteroatoms. The molecule has 0 saturated heterocycles. The van der Waals surface area contributed by atoms with E-state index in [1.165, 1.54) is 7.11 Å². The molecule has 1 aliphatic heterocycles. The van der Waals surface area contributed by atoms with Crippen molar-refractivity contribution in [2.75, 3.05) is 13.9 Å². The van der Waals surface area contributed by atoms with Gasteiger partial charge in [0.05, 0.1) is 19.1 Å². The first-order valence-electron chi connectivity index (χ1n) is 13.7. The van der Waals surface area contributed by atoms with Gasteiger partial charge in [0, 0.05) is 23.5 Å². The average molecular weight is 563 g/mol. The fourth-order valence-electron chi connectivity index (χ4n) is 5.52. The minimum absolute atomic E-state index is 0.0735. The number of fused-ring (bicyclic) bond motifs is 2. The molecule has 0 saturated carbocycles. The van der Waals surface area contributed by atoms with E-state index in [0.29, 0.717) is 22.6 Å². The molecule has 0 bridgehead atoms. The molecule has 3 atom stereocenters. The summed E-state index contributed by atoms with van der Waals surface area (Å²) in [6.07, 6.45) is 0.771. The molecule has 8 nitrogen and oxygen atoms in total. The first-order chi connectivity index (χ1) is 20.5. The second-order valence-electron chi connectivity index (χ2n) is 10.1. The van der Waals surface area contributed by atoms with Gasteiger partial charge >= 0.3 is 5.97 Å². The fourth-order valence-corrected chi connectivity index (χ4v) is 5.52. The number of hydrogen-bond donors (Lipinski definition) is 3. The van der Waals surface area contributed by atoms with E-state index in [1.54, 1.807) is 18.2 Å². The number of aliphatic hydroxyl groups is 1. The van der Waals surface area contributed by atoms with Gasteiger partial charge in [-0.15, -0.1) is 0 Å². The number of methoxy groups -OCH3 is 1. The maximum atomic E-state index is 14.2. The number of aliphatic hydroxyl groups excluding tert-OH is 1. The summed E-state index contributed by atoms with van der Waals surface area (Å²) in [4.78, 5) is 30.3. The quantitative estimate of drug-likeness (QED) is 0.211. The molecule has 0 radical (unpaired) electrons. The third-order valence-electron chi connectivity index (χ3n) is 7.62. The van der Waals surface area contributed by atoms with Gasteiger partial charge in [-0.25, -0.2) is 4.79 Å². The van der Waals surface area contributed by atoms with Gasteiger partial charge in [0.25, 0.3) is 0 Å². The number of H-pyrrole nitrogens is 1. The molecule has 42 heavy (non-hydrogen) atoms. The van der Waals surface area contributed by atoms with Crippen LogP contribution in [0.2, 0.25) is 0 Å². The Kier molecular flexibility index (Phi) is 7.62. The van der Waals surface area contributed by atoms with Crippen LogP contribution in [0.5, 0.6) is 11.5 Å². The highest BCUT2D eigenvalue weighted by molar-refractivity contribution is 5.91. The number of amides is 1. The van der Waals surface area contributed by atoms with E-state index in [-0.39, 0.29) is 13.2 Å². The zero-order valence-corrected chi connectivity index (χ0v) is 22.9. The molecule has 0 spiro atoms. The Labute approximate surface area is 242 Å². The van der Waals surface area contributed by atoms with Crippen molar-refractivity contribution in [1.29, 1.82) is 0 Å². The maximum Gasteiger partial charge on any atom is 0.328 e. The average Bonchev–Trinajstić information content (AvgIpc) is 3.67. The minimum Gasteiger partial charge on any atom is -0.467 e. The second kappa shape index (κ2) is 11.8. The van der Waals surface area contributed by atoms with Crippen LogP contribution in [0.25, 0.3) is 22.0 Å². The van der Waals surface area contributed by atoms with Crippen LogP contribution < -0.4 is 14.8 Å². The second-order valence-corrected chi connectivity index (χ2v) is 10.1. The summed E-state index contributed by atoms with van der Waals surface area (Å²) in [5.41, 5.74) is 4.58. The Balaban J connectivity index is 1.37. The van der Waals surface area contributed by atoms with E-state index in [4.69, 9.17) is 14.2 Å². The summed E-state index contributed by atoms with van der Waals surface area (Å²) < 4.78 is 16.1. The Morgan fingerprint density at radius 1 is 0.929 bits per heavy atom. The molecule has 2 unspecified atom stereocenters. The summed E-state index contributed by atoms with van der Waals surface area (Å²) in [6.45, 7) is 0.0735. The van der Waals surface area contributed by atoms with Gasteiger partial charge in [-0.3, -0.25) is 4.79 Å². The number of benzene rings is 4. The molecule has 0 aliphatic carbocycles. The topological polar surface area (TPSA) is 110 Å². The molecule has 1 aliphatic rings. The van der Waals surface area contributed by atoms with Crippen LogP contribution in [0.3, 0.4) is 0 Å². The molecular weight excluding hydrogens is 532 g/mol. The van der Waals surface area contributed by atoms with E-state index in [9.17, 15) is 14.7 Å². The molecule has 0 fully saturated rings. The van der Waals surface area contributed by atoms with Gasteiger partial charge < -0.3 is 29.6 Å². The summed E-state index contributed by atoms with van der Waals surface area (Å²) in [5, 5.41) is 15.8. The third-order valence-corrected chi connectivity index (χ3v) is 7.62. The van der Waals surface area contributed by atoms with Gasteiger partial charge in [-0.1, -0.05) is 78.9 Å². The Hall–Kier alpha value is -5.08. The summed E-state index contributed by atoms with van der Waals surface area (Å²) in [7, 11) is 1.29. The van der Waals surface area contributed by atoms with E-state index in [2.05, 4.69) is 10.3 Å². The lowest BCUT2D eigenvalue weighted by Crippen LogP contribution is -2.46. The number of ether oxygens (including phenoxy) is 3. The van der Waals surface area contributed by atoms with E-state index < -0.39 is 29.9 Å². The van der Waals surface area contributed by atoms with Crippen LogP contribution in [0.15, 0.2) is 103 Å². The van der Waals surface area contributed by atoms with E-state index >= 15 is 0 Å². The van der Waals surface area contributed by atoms with Crippen LogP contribution >= 0.6 is 0 Å². The van der Waals surface area contributed by atoms with Crippen molar-refractivity contribution in [2.45, 2.75) is 24.5 Å². The lowest BCUT2D eigenvalue weighted by Gasteiger charge is -2.27. The van der Waals surface area contributed by atoms with Crippen LogP contribution in [-0.2, 0) is 20.7 Å². The van der Waals surface area contributed by atoms with E-state index in [1.807, 2.05) is 85.1 Å². The first kappa shape index (κ1) is 27.1. The number of carbonyl (C=O) groups excluding carboxylic acids is 2. The number of aromatic amines is 1. The third kappa shape index (κ3) is 5.32. The SMILES string of the molecule is COC(=O)[C@H](Cc1c[nH]c2ccccc12)NC(=O)C(c1ccc2c(c1)OCO2)C(O)c1ccccc1-c1ccccc1. The van der Waals surface area contributed by atoms with Crippen molar-refractivity contribution < 1.29 is 28.9 Å². The fraction of sp³-hybridized carbons (Fsp3) is 0.176. The molecule has 4 aromatic carbocycles. The van der Waals surface area contributed by atoms with E-state index in [0.717, 1.165) is 27.6 Å². The lowest BCUT2D eigenvalue weighted by atomic mass is 9.84. The van der Waals surface area contributed by atoms with Crippen LogP contribution in [0, 0.1) is 0 Å². The predicted molar refractivity (Wildman–Crippen MR) is 158 cm³/mol. The van der Waals surface area contributed by atoms with Crippen LogP contribution in [0.4, 0.5) is 0 Å². The number of aromatic nitrogens is 1. The molecule has 6 rings (SSSR count). The highest BCUT2D eigenvalue weighted by Crippen LogP contribution is 2.41. The minimum atomic E-state index is -1.26. The zero-order chi connectivity index (χ0) is 29.1. The van der Waals surface area contributed by atoms with Gasteiger partial charge in [0.2, 0.25) is 12.7 Å². The van der Waals surface area contributed by atoms with Gasteiger partial charge in [-0.2, -0.15) is 0 Å². The molecule has 5 aromatic rings. The number of esters is 1. The van der Waals surface area contributed by atoms with Crippen molar-refractivity contribution in [3.8, 4) is 22.6 Å². The van der Waals surface area contributed by atoms with Gasteiger partial charge in [0.15, 0.2) is 11.5 Å². The van der Waals surface area contributed by atoms with Crippen molar-refractivity contribution in [3.63, 3.8) is 0 Å². The largest absolute Gasteiger partial charge is 0.467 e. The predicted octanol–water partition coefficient (Wildman–Crippen LogP) is 5.28. The molecular formula is C34H30N2O6. The highest BCUT2D eigenvalue weighted by atomic mass is 16.7. The molecule has 2 heterocycles. The zero-order valence-electron chi connectivity index (χ0n) is 22.9.